The molecule has 2 aliphatic heterocycles. The van der Waals surface area contributed by atoms with Crippen molar-refractivity contribution in [2.45, 2.75) is 26.4 Å². The Labute approximate surface area is 461 Å². The highest BCUT2D eigenvalue weighted by Crippen LogP contribution is 2.34. The summed E-state index contributed by atoms with van der Waals surface area (Å²) < 4.78 is 82.5. The Balaban J connectivity index is 0.000000204. The normalized spacial score (nSPS) is 12.5. The van der Waals surface area contributed by atoms with Crippen molar-refractivity contribution < 1.29 is 55.4 Å². The first-order valence-electron chi connectivity index (χ1n) is 24.7. The number of benzene rings is 4. The summed E-state index contributed by atoms with van der Waals surface area (Å²) in [5.41, 5.74) is 3.63. The minimum Gasteiger partial charge on any atom is -0.397 e. The number of pyridine rings is 2. The topological polar surface area (TPSA) is 255 Å². The Morgan fingerprint density at radius 2 is 1.12 bits per heavy atom. The number of H-pyrrole nitrogens is 2. The number of anilines is 2. The van der Waals surface area contributed by atoms with E-state index < -0.39 is 57.8 Å². The van der Waals surface area contributed by atoms with E-state index in [0.29, 0.717) is 35.6 Å². The number of hydrogen-bond donors (Lipinski definition) is 7. The van der Waals surface area contributed by atoms with E-state index in [-0.39, 0.29) is 66.9 Å². The molecule has 4 amide bonds. The largest absolute Gasteiger partial charge is 0.397 e. The quantitative estimate of drug-likeness (QED) is 0.0245. The van der Waals surface area contributed by atoms with Crippen LogP contribution in [0.25, 0.3) is 23.8 Å². The number of halogens is 6. The van der Waals surface area contributed by atoms with Crippen molar-refractivity contribution >= 4 is 65.1 Å². The number of aliphatic hydroxyl groups excluding tert-OH is 1. The Hall–Kier alpha value is -10.5. The van der Waals surface area contributed by atoms with Crippen LogP contribution in [0.5, 0.6) is 0 Å². The van der Waals surface area contributed by atoms with Crippen molar-refractivity contribution in [1.82, 2.24) is 39.7 Å². The number of nitrogens with zero attached hydrogens (tertiary/aromatic N) is 4. The maximum absolute atomic E-state index is 13.5. The molecule has 0 unspecified atom stereocenters. The van der Waals surface area contributed by atoms with Gasteiger partial charge in [0.15, 0.2) is 47.0 Å². The third-order valence-corrected chi connectivity index (χ3v) is 11.7. The molecule has 6 heterocycles. The highest BCUT2D eigenvalue weighted by molar-refractivity contribution is 6.34. The van der Waals surface area contributed by atoms with Crippen LogP contribution in [0, 0.1) is 34.9 Å². The molecule has 0 radical (unpaired) electrons. The van der Waals surface area contributed by atoms with Crippen LogP contribution in [0.2, 0.25) is 0 Å². The number of nitrogens with one attached hydrogen (secondary N) is 6. The van der Waals surface area contributed by atoms with Gasteiger partial charge in [-0.1, -0.05) is 48.6 Å². The molecular formula is C58H48F6N10O8. The molecule has 0 spiro atoms. The van der Waals surface area contributed by atoms with E-state index in [1.807, 2.05) is 30.3 Å². The number of carbonyl (C=O) groups is 5. The highest BCUT2D eigenvalue weighted by Gasteiger charge is 2.25. The minimum atomic E-state index is -1.59. The molecule has 0 saturated heterocycles. The maximum Gasteiger partial charge on any atom is 0.263 e. The molecule has 24 heteroatoms. The number of imidazole rings is 2. The van der Waals surface area contributed by atoms with Crippen molar-refractivity contribution in [3.05, 3.63) is 246 Å². The summed E-state index contributed by atoms with van der Waals surface area (Å²) in [5.74, 6) is -9.23. The number of hydrogen-bond acceptors (Lipinski definition) is 10. The van der Waals surface area contributed by atoms with Crippen molar-refractivity contribution in [2.75, 3.05) is 30.3 Å². The van der Waals surface area contributed by atoms with Crippen molar-refractivity contribution in [3.8, 4) is 0 Å². The monoisotopic (exact) mass is 1130 g/mol. The van der Waals surface area contributed by atoms with Gasteiger partial charge in [0.25, 0.3) is 28.8 Å². The van der Waals surface area contributed by atoms with Crippen LogP contribution >= 0.6 is 0 Å². The van der Waals surface area contributed by atoms with Gasteiger partial charge in [0.2, 0.25) is 5.91 Å². The van der Waals surface area contributed by atoms with Gasteiger partial charge in [0.05, 0.1) is 25.1 Å². The first-order chi connectivity index (χ1) is 39.5. The molecule has 0 saturated carbocycles. The fraction of sp³-hybridized carbons (Fsp3) is 0.121. The summed E-state index contributed by atoms with van der Waals surface area (Å²) in [6.07, 6.45) is 18.7. The summed E-state index contributed by atoms with van der Waals surface area (Å²) in [6, 6.07) is 19.7. The molecule has 420 valence electrons. The first-order valence-corrected chi connectivity index (χ1v) is 24.7. The molecule has 0 atom stereocenters. The van der Waals surface area contributed by atoms with E-state index in [9.17, 15) is 59.9 Å². The number of aromatic nitrogens is 6. The van der Waals surface area contributed by atoms with Crippen LogP contribution in [0.4, 0.5) is 37.7 Å². The number of aromatic amines is 2. The van der Waals surface area contributed by atoms with Gasteiger partial charge < -0.3 is 45.5 Å². The second-order valence-electron chi connectivity index (χ2n) is 17.5. The van der Waals surface area contributed by atoms with Gasteiger partial charge in [0.1, 0.15) is 17.0 Å². The zero-order valence-corrected chi connectivity index (χ0v) is 43.1. The summed E-state index contributed by atoms with van der Waals surface area (Å²) >= 11 is 0. The van der Waals surface area contributed by atoms with E-state index in [0.717, 1.165) is 61.3 Å². The predicted octanol–water partition coefficient (Wildman–Crippen LogP) is 7.45. The number of fused-ring (bicyclic) bond motifs is 2. The van der Waals surface area contributed by atoms with Gasteiger partial charge in [-0.15, -0.1) is 0 Å². The molecule has 4 aromatic heterocycles. The summed E-state index contributed by atoms with van der Waals surface area (Å²) in [6.45, 7) is 1.70. The molecule has 0 aliphatic carbocycles. The lowest BCUT2D eigenvalue weighted by Crippen LogP contribution is -2.33. The number of amides is 4. The van der Waals surface area contributed by atoms with E-state index in [1.165, 1.54) is 42.9 Å². The second kappa shape index (κ2) is 27.9. The summed E-state index contributed by atoms with van der Waals surface area (Å²) in [5, 5.41) is 18.4. The van der Waals surface area contributed by atoms with E-state index >= 15 is 0 Å². The molecule has 0 bridgehead atoms. The number of rotatable bonds is 14. The van der Waals surface area contributed by atoms with Crippen molar-refractivity contribution in [2.24, 2.45) is 0 Å². The van der Waals surface area contributed by atoms with Gasteiger partial charge in [0, 0.05) is 73.8 Å². The number of carbonyl (C=O) groups excluding carboxylic acids is 5. The molecule has 18 nitrogen and oxygen atoms in total. The van der Waals surface area contributed by atoms with Gasteiger partial charge in [-0.3, -0.25) is 33.6 Å². The SMILES string of the molecule is CCO.O=C1Cc2ccc(/C=C/CNC(=O)c3cccn(Cc4cc(F)c(F)c(F)c4)c3=O)cc2N1.O=C1Nc2cc(/C=C/CNC(=O)c3cccn(Cc4cc(F)c(F)c(F)c4)c3=O)ccc2/C1=C/c1ncc[nH]1.O=Cc1ncc[nH]1. The third-order valence-electron chi connectivity index (χ3n) is 11.7. The van der Waals surface area contributed by atoms with Gasteiger partial charge >= 0.3 is 0 Å². The fourth-order valence-corrected chi connectivity index (χ4v) is 7.97. The lowest BCUT2D eigenvalue weighted by Gasteiger charge is -2.09. The maximum atomic E-state index is 13.5. The number of aldehydes is 1. The fourth-order valence-electron chi connectivity index (χ4n) is 7.97. The molecule has 10 rings (SSSR count). The van der Waals surface area contributed by atoms with Crippen molar-refractivity contribution in [3.63, 3.8) is 0 Å². The first kappa shape index (κ1) is 59.2. The van der Waals surface area contributed by atoms with Crippen LogP contribution in [0.15, 0.2) is 144 Å². The Morgan fingerprint density at radius 3 is 1.59 bits per heavy atom. The molecular weight excluding hydrogens is 1080 g/mol. The standard InChI is InChI=1S/C28H20F3N5O3.C24H18F3N3O3.C4H4N2O.C2H6O/c29-21-11-17(12-22(30)25(21)31)15-36-10-2-4-19(28(36)39)26(37)34-7-1-3-16-5-6-18-20(14-24-32-8-9-33-24)27(38)35-23(18)13-16;25-18-9-15(10-19(26)22(18)27)13-30-8-2-4-17(24(30)33)23(32)28-7-1-3-14-5-6-16-12-21(31)29-20(16)11-14;7-3-4-5-1-2-6-4;1-2-3/h1-6,8-14H,7,15H2,(H,32,33)(H,34,37)(H,35,38);1-6,8-11H,7,12-13H2,(H,28,32)(H,29,31);1-3H,(H,5,6);3H,2H2,1H3/b3-1+,20-14-;3-1+;;. The summed E-state index contributed by atoms with van der Waals surface area (Å²) in [4.78, 5) is 97.3. The van der Waals surface area contributed by atoms with Gasteiger partial charge in [-0.2, -0.15) is 0 Å². The van der Waals surface area contributed by atoms with Crippen LogP contribution < -0.4 is 32.4 Å². The molecule has 82 heavy (non-hydrogen) atoms. The Kier molecular flexibility index (Phi) is 20.1. The smallest absolute Gasteiger partial charge is 0.263 e. The predicted molar refractivity (Wildman–Crippen MR) is 292 cm³/mol. The lowest BCUT2D eigenvalue weighted by molar-refractivity contribution is -0.115. The average molecular weight is 1130 g/mol. The van der Waals surface area contributed by atoms with Crippen LogP contribution in [0.1, 0.15) is 77.5 Å². The van der Waals surface area contributed by atoms with Gasteiger partial charge in [-0.05, 0) is 101 Å². The van der Waals surface area contributed by atoms with E-state index in [2.05, 4.69) is 41.2 Å². The Bertz CT molecular complexity index is 3830. The molecule has 2 aliphatic rings. The molecule has 7 N–H and O–H groups in total. The average Bonchev–Trinajstić information content (AvgIpc) is 4.49. The van der Waals surface area contributed by atoms with E-state index in [1.54, 1.807) is 62.0 Å². The third kappa shape index (κ3) is 15.4. The zero-order valence-electron chi connectivity index (χ0n) is 43.1. The molecule has 8 aromatic rings. The van der Waals surface area contributed by atoms with Crippen LogP contribution in [-0.2, 0) is 29.1 Å². The van der Waals surface area contributed by atoms with E-state index in [4.69, 9.17) is 5.11 Å². The highest BCUT2D eigenvalue weighted by atomic mass is 19.2. The lowest BCUT2D eigenvalue weighted by atomic mass is 10.0. The minimum absolute atomic E-state index is 0.0307. The summed E-state index contributed by atoms with van der Waals surface area (Å²) in [7, 11) is 0. The van der Waals surface area contributed by atoms with Gasteiger partial charge in [-0.25, -0.2) is 36.3 Å². The molecule has 4 aromatic carbocycles. The zero-order chi connectivity index (χ0) is 58.9. The second-order valence-corrected chi connectivity index (χ2v) is 17.5. The molecule has 0 fully saturated rings. The Morgan fingerprint density at radius 1 is 0.646 bits per heavy atom. The van der Waals surface area contributed by atoms with Crippen LogP contribution in [-0.4, -0.2) is 83.8 Å². The number of aliphatic hydroxyl groups is 1. The van der Waals surface area contributed by atoms with Crippen LogP contribution in [0.3, 0.4) is 0 Å². The van der Waals surface area contributed by atoms with Crippen molar-refractivity contribution in [1.29, 1.82) is 0 Å².